The number of aryl methyl sites for hydroxylation is 1. The van der Waals surface area contributed by atoms with Crippen molar-refractivity contribution in [3.05, 3.63) is 65.4 Å². The van der Waals surface area contributed by atoms with Gasteiger partial charge in [0.2, 0.25) is 5.95 Å². The van der Waals surface area contributed by atoms with Crippen molar-refractivity contribution < 1.29 is 14.3 Å². The van der Waals surface area contributed by atoms with Gasteiger partial charge in [0.25, 0.3) is 0 Å². The molecule has 0 aliphatic carbocycles. The van der Waals surface area contributed by atoms with Gasteiger partial charge in [0.05, 0.1) is 14.2 Å². The molecule has 0 fully saturated rings. The topological polar surface area (TPSA) is 85.4 Å². The van der Waals surface area contributed by atoms with Crippen molar-refractivity contribution in [1.82, 2.24) is 9.97 Å². The predicted octanol–water partition coefficient (Wildman–Crippen LogP) is 4.36. The molecule has 0 radical (unpaired) electrons. The van der Waals surface area contributed by atoms with E-state index in [1.165, 1.54) is 0 Å². The zero-order valence-electron chi connectivity index (χ0n) is 16.9. The first-order valence-corrected chi connectivity index (χ1v) is 9.17. The molecule has 0 saturated heterocycles. The molecule has 3 rings (SSSR count). The molecule has 0 aliphatic rings. The molecular weight excluding hydrogens is 368 g/mol. The fourth-order valence-corrected chi connectivity index (χ4v) is 2.82. The third-order valence-electron chi connectivity index (χ3n) is 4.32. The van der Waals surface area contributed by atoms with Gasteiger partial charge in [-0.2, -0.15) is 4.98 Å². The van der Waals surface area contributed by atoms with Crippen molar-refractivity contribution in [2.75, 3.05) is 24.9 Å². The van der Waals surface area contributed by atoms with Crippen molar-refractivity contribution in [3.8, 4) is 11.5 Å². The quantitative estimate of drug-likeness (QED) is 0.551. The fraction of sp³-hybridized carbons (Fsp3) is 0.227. The highest BCUT2D eigenvalue weighted by molar-refractivity contribution is 5.94. The summed E-state index contributed by atoms with van der Waals surface area (Å²) >= 11 is 0. The smallest absolute Gasteiger partial charge is 0.225 e. The number of hydrogen-bond acceptors (Lipinski definition) is 7. The van der Waals surface area contributed by atoms with Gasteiger partial charge in [0, 0.05) is 29.6 Å². The van der Waals surface area contributed by atoms with Crippen LogP contribution in [0.5, 0.6) is 11.5 Å². The maximum atomic E-state index is 11.4. The molecule has 7 heteroatoms. The van der Waals surface area contributed by atoms with Gasteiger partial charge in [-0.05, 0) is 55.8 Å². The average molecular weight is 392 g/mol. The Bertz CT molecular complexity index is 1000. The summed E-state index contributed by atoms with van der Waals surface area (Å²) in [5.74, 6) is 2.58. The molecule has 150 valence electrons. The zero-order valence-corrected chi connectivity index (χ0v) is 16.9. The maximum Gasteiger partial charge on any atom is 0.225 e. The Morgan fingerprint density at radius 3 is 2.34 bits per heavy atom. The normalized spacial score (nSPS) is 10.3. The molecule has 1 aromatic heterocycles. The van der Waals surface area contributed by atoms with Gasteiger partial charge < -0.3 is 20.1 Å². The molecule has 0 spiro atoms. The van der Waals surface area contributed by atoms with Crippen molar-refractivity contribution in [2.45, 2.75) is 20.4 Å². The number of carbonyl (C=O) groups excluding carboxylic acids is 1. The van der Waals surface area contributed by atoms with E-state index in [-0.39, 0.29) is 5.78 Å². The minimum absolute atomic E-state index is 0.0380. The van der Waals surface area contributed by atoms with Crippen molar-refractivity contribution >= 4 is 23.2 Å². The van der Waals surface area contributed by atoms with E-state index in [2.05, 4.69) is 20.6 Å². The number of nitrogens with zero attached hydrogens (tertiary/aromatic N) is 2. The van der Waals surface area contributed by atoms with Crippen molar-refractivity contribution in [1.29, 1.82) is 0 Å². The summed E-state index contributed by atoms with van der Waals surface area (Å²) in [7, 11) is 3.22. The van der Waals surface area contributed by atoms with E-state index in [1.54, 1.807) is 33.3 Å². The van der Waals surface area contributed by atoms with Crippen LogP contribution in [-0.4, -0.2) is 30.0 Å². The van der Waals surface area contributed by atoms with E-state index in [0.717, 1.165) is 16.9 Å². The lowest BCUT2D eigenvalue weighted by molar-refractivity contribution is 0.101. The Kier molecular flexibility index (Phi) is 6.29. The number of anilines is 3. The number of benzene rings is 2. The Labute approximate surface area is 170 Å². The van der Waals surface area contributed by atoms with Crippen LogP contribution in [0.25, 0.3) is 0 Å². The average Bonchev–Trinajstić information content (AvgIpc) is 2.72. The largest absolute Gasteiger partial charge is 0.493 e. The van der Waals surface area contributed by atoms with E-state index >= 15 is 0 Å². The number of carbonyl (C=O) groups is 1. The number of Topliss-reactive ketones (excluding diaryl/α,β-unsaturated/α-hetero) is 1. The molecule has 0 amide bonds. The van der Waals surface area contributed by atoms with Crippen LogP contribution in [0.4, 0.5) is 17.5 Å². The standard InChI is InChI=1S/C22H24N4O3/c1-14-11-21(25-18-8-6-17(7-9-18)15(2)27)26-22(24-14)23-13-16-5-10-19(28-3)20(12-16)29-4/h5-12H,13H2,1-4H3,(H2,23,24,25,26). The van der Waals surface area contributed by atoms with Gasteiger partial charge in [-0.25, -0.2) is 4.98 Å². The number of methoxy groups -OCH3 is 2. The number of nitrogens with one attached hydrogen (secondary N) is 2. The summed E-state index contributed by atoms with van der Waals surface area (Å²) in [6, 6.07) is 14.9. The molecule has 2 N–H and O–H groups in total. The maximum absolute atomic E-state index is 11.4. The molecule has 0 unspecified atom stereocenters. The molecule has 1 heterocycles. The third kappa shape index (κ3) is 5.22. The Morgan fingerprint density at radius 2 is 1.69 bits per heavy atom. The second kappa shape index (κ2) is 9.05. The lowest BCUT2D eigenvalue weighted by Crippen LogP contribution is -2.06. The summed E-state index contributed by atoms with van der Waals surface area (Å²) in [5, 5.41) is 6.48. The monoisotopic (exact) mass is 392 g/mol. The molecular formula is C22H24N4O3. The van der Waals surface area contributed by atoms with Crippen LogP contribution in [0.2, 0.25) is 0 Å². The first-order chi connectivity index (χ1) is 14.0. The van der Waals surface area contributed by atoms with Gasteiger partial charge in [-0.3, -0.25) is 4.79 Å². The summed E-state index contributed by atoms with van der Waals surface area (Å²) < 4.78 is 10.6. The van der Waals surface area contributed by atoms with E-state index in [9.17, 15) is 4.79 Å². The highest BCUT2D eigenvalue weighted by atomic mass is 16.5. The zero-order chi connectivity index (χ0) is 20.8. The molecule has 0 aliphatic heterocycles. The molecule has 0 saturated carbocycles. The number of ether oxygens (including phenoxy) is 2. The Hall–Kier alpha value is -3.61. The highest BCUT2D eigenvalue weighted by Crippen LogP contribution is 2.27. The minimum atomic E-state index is 0.0380. The van der Waals surface area contributed by atoms with E-state index in [1.807, 2.05) is 43.3 Å². The highest BCUT2D eigenvalue weighted by Gasteiger charge is 2.07. The molecule has 29 heavy (non-hydrogen) atoms. The SMILES string of the molecule is COc1ccc(CNc2nc(C)cc(Nc3ccc(C(C)=O)cc3)n2)cc1OC. The molecule has 7 nitrogen and oxygen atoms in total. The number of rotatable bonds is 8. The summed E-state index contributed by atoms with van der Waals surface area (Å²) in [6.45, 7) is 4.00. The van der Waals surface area contributed by atoms with Gasteiger partial charge in [0.15, 0.2) is 17.3 Å². The fourth-order valence-electron chi connectivity index (χ4n) is 2.82. The van der Waals surface area contributed by atoms with Gasteiger partial charge in [0.1, 0.15) is 5.82 Å². The van der Waals surface area contributed by atoms with Crippen LogP contribution >= 0.6 is 0 Å². The molecule has 3 aromatic rings. The molecule has 0 bridgehead atoms. The first-order valence-electron chi connectivity index (χ1n) is 9.17. The number of hydrogen-bond donors (Lipinski definition) is 2. The van der Waals surface area contributed by atoms with Crippen LogP contribution in [0.15, 0.2) is 48.5 Å². The van der Waals surface area contributed by atoms with Gasteiger partial charge >= 0.3 is 0 Å². The van der Waals surface area contributed by atoms with Gasteiger partial charge in [-0.1, -0.05) is 6.07 Å². The Balaban J connectivity index is 1.71. The lowest BCUT2D eigenvalue weighted by Gasteiger charge is -2.12. The van der Waals surface area contributed by atoms with E-state index in [0.29, 0.717) is 35.4 Å². The second-order valence-corrected chi connectivity index (χ2v) is 6.52. The predicted molar refractivity (Wildman–Crippen MR) is 113 cm³/mol. The van der Waals surface area contributed by atoms with E-state index in [4.69, 9.17) is 9.47 Å². The van der Waals surface area contributed by atoms with Crippen LogP contribution in [0, 0.1) is 6.92 Å². The van der Waals surface area contributed by atoms with Crippen LogP contribution in [0.3, 0.4) is 0 Å². The summed E-state index contributed by atoms with van der Waals surface area (Å²) in [5.41, 5.74) is 3.37. The van der Waals surface area contributed by atoms with Crippen molar-refractivity contribution in [3.63, 3.8) is 0 Å². The van der Waals surface area contributed by atoms with Crippen LogP contribution in [-0.2, 0) is 6.54 Å². The van der Waals surface area contributed by atoms with Crippen LogP contribution < -0.4 is 20.1 Å². The Morgan fingerprint density at radius 1 is 0.966 bits per heavy atom. The second-order valence-electron chi connectivity index (χ2n) is 6.52. The first kappa shape index (κ1) is 20.1. The third-order valence-corrected chi connectivity index (χ3v) is 4.32. The lowest BCUT2D eigenvalue weighted by atomic mass is 10.1. The summed E-state index contributed by atoms with van der Waals surface area (Å²) in [4.78, 5) is 20.4. The van der Waals surface area contributed by atoms with Gasteiger partial charge in [-0.15, -0.1) is 0 Å². The van der Waals surface area contributed by atoms with Crippen molar-refractivity contribution in [2.24, 2.45) is 0 Å². The number of ketones is 1. The minimum Gasteiger partial charge on any atom is -0.493 e. The summed E-state index contributed by atoms with van der Waals surface area (Å²) in [6.07, 6.45) is 0. The number of aromatic nitrogens is 2. The molecule has 0 atom stereocenters. The van der Waals surface area contributed by atoms with E-state index < -0.39 is 0 Å². The molecule has 2 aromatic carbocycles. The van der Waals surface area contributed by atoms with Crippen LogP contribution in [0.1, 0.15) is 28.5 Å².